The van der Waals surface area contributed by atoms with Crippen molar-refractivity contribution in [1.29, 1.82) is 0 Å². The van der Waals surface area contributed by atoms with E-state index in [1.807, 2.05) is 0 Å². The summed E-state index contributed by atoms with van der Waals surface area (Å²) >= 11 is 0. The number of allylic oxidation sites excluding steroid dienone is 2. The number of carbonyl (C=O) groups is 2. The second-order valence-electron chi connectivity index (χ2n) is 8.68. The summed E-state index contributed by atoms with van der Waals surface area (Å²) < 4.78 is 46.9. The number of benzene rings is 2. The number of halogens is 1. The standard InChI is InChI=1S/C26H26FNO6S/c1-34-20-13-14-26(25(30)31,24(29)22(20)28-15-7-4-8-16-28)19-12-11-18(17-9-5-3-6-10-17)23(21(19)27)35(2,32)33/h3,5-6,9-14H,4,7-8,15-16H2,1-2H3,(H,30,31). The van der Waals surface area contributed by atoms with Crippen LogP contribution in [0.5, 0.6) is 0 Å². The molecule has 1 fully saturated rings. The first kappa shape index (κ1) is 24.7. The van der Waals surface area contributed by atoms with Crippen molar-refractivity contribution in [1.82, 2.24) is 4.90 Å². The summed E-state index contributed by atoms with van der Waals surface area (Å²) in [5.74, 6) is -3.53. The van der Waals surface area contributed by atoms with Gasteiger partial charge in [-0.3, -0.25) is 9.59 Å². The number of hydrogen-bond acceptors (Lipinski definition) is 6. The van der Waals surface area contributed by atoms with Crippen molar-refractivity contribution in [2.24, 2.45) is 0 Å². The van der Waals surface area contributed by atoms with E-state index >= 15 is 4.39 Å². The Morgan fingerprint density at radius 3 is 2.31 bits per heavy atom. The maximum atomic E-state index is 16.1. The Morgan fingerprint density at radius 1 is 1.09 bits per heavy atom. The van der Waals surface area contributed by atoms with Gasteiger partial charge < -0.3 is 14.7 Å². The molecule has 1 aliphatic carbocycles. The molecule has 1 atom stereocenters. The number of carbonyl (C=O) groups excluding carboxylic acids is 1. The molecule has 1 unspecified atom stereocenters. The van der Waals surface area contributed by atoms with Gasteiger partial charge in [0, 0.05) is 30.5 Å². The third-order valence-electron chi connectivity index (χ3n) is 6.50. The monoisotopic (exact) mass is 499 g/mol. The van der Waals surface area contributed by atoms with Gasteiger partial charge in [0.15, 0.2) is 15.3 Å². The van der Waals surface area contributed by atoms with Gasteiger partial charge in [0.05, 0.1) is 7.11 Å². The molecule has 7 nitrogen and oxygen atoms in total. The number of ether oxygens (including phenoxy) is 1. The lowest BCUT2D eigenvalue weighted by Crippen LogP contribution is -2.49. The summed E-state index contributed by atoms with van der Waals surface area (Å²) in [6.45, 7) is 1.06. The van der Waals surface area contributed by atoms with E-state index in [0.29, 0.717) is 18.7 Å². The molecule has 2 aromatic rings. The van der Waals surface area contributed by atoms with Crippen LogP contribution in [0.2, 0.25) is 0 Å². The molecule has 4 rings (SSSR count). The molecule has 1 saturated heterocycles. The van der Waals surface area contributed by atoms with Crippen LogP contribution < -0.4 is 0 Å². The molecular formula is C26H26FNO6S. The van der Waals surface area contributed by atoms with Gasteiger partial charge in [0.1, 0.15) is 22.2 Å². The van der Waals surface area contributed by atoms with Gasteiger partial charge in [-0.1, -0.05) is 48.5 Å². The van der Waals surface area contributed by atoms with Crippen LogP contribution in [-0.4, -0.2) is 56.6 Å². The Balaban J connectivity index is 1.97. The minimum Gasteiger partial charge on any atom is -0.494 e. The van der Waals surface area contributed by atoms with E-state index in [1.165, 1.54) is 25.3 Å². The molecule has 184 valence electrons. The van der Waals surface area contributed by atoms with Crippen LogP contribution in [0.1, 0.15) is 24.8 Å². The molecule has 2 aromatic carbocycles. The lowest BCUT2D eigenvalue weighted by atomic mass is 9.72. The zero-order chi connectivity index (χ0) is 25.4. The summed E-state index contributed by atoms with van der Waals surface area (Å²) in [6.07, 6.45) is 5.90. The third kappa shape index (κ3) is 4.14. The van der Waals surface area contributed by atoms with Gasteiger partial charge in [-0.05, 0) is 30.9 Å². The molecule has 0 saturated carbocycles. The summed E-state index contributed by atoms with van der Waals surface area (Å²) in [4.78, 5) is 27.7. The van der Waals surface area contributed by atoms with E-state index in [0.717, 1.165) is 31.6 Å². The average molecular weight is 500 g/mol. The highest BCUT2D eigenvalue weighted by molar-refractivity contribution is 7.90. The number of likely N-dealkylation sites (tertiary alicyclic amines) is 1. The fourth-order valence-electron chi connectivity index (χ4n) is 4.80. The SMILES string of the molecule is COC1=C(N2CCCCC2)C(=O)C(C(=O)O)(c2ccc(-c3ccccc3)c(S(C)(=O)=O)c2F)C=C1. The van der Waals surface area contributed by atoms with Gasteiger partial charge in [-0.2, -0.15) is 0 Å². The number of hydrogen-bond donors (Lipinski definition) is 1. The predicted molar refractivity (Wildman–Crippen MR) is 128 cm³/mol. The number of carboxylic acid groups (broad SMARTS) is 1. The van der Waals surface area contributed by atoms with Crippen LogP contribution in [0, 0.1) is 5.82 Å². The largest absolute Gasteiger partial charge is 0.494 e. The van der Waals surface area contributed by atoms with Crippen molar-refractivity contribution in [2.75, 3.05) is 26.5 Å². The van der Waals surface area contributed by atoms with Gasteiger partial charge in [0.25, 0.3) is 0 Å². The smallest absolute Gasteiger partial charge is 0.326 e. The van der Waals surface area contributed by atoms with Gasteiger partial charge >= 0.3 is 5.97 Å². The molecule has 35 heavy (non-hydrogen) atoms. The molecular weight excluding hydrogens is 473 g/mol. The van der Waals surface area contributed by atoms with E-state index < -0.39 is 43.3 Å². The molecule has 0 spiro atoms. The topological polar surface area (TPSA) is 101 Å². The molecule has 1 N–H and O–H groups in total. The Bertz CT molecular complexity index is 1340. The van der Waals surface area contributed by atoms with Crippen LogP contribution in [0.3, 0.4) is 0 Å². The summed E-state index contributed by atoms with van der Waals surface area (Å²) in [5, 5.41) is 10.3. The van der Waals surface area contributed by atoms with E-state index in [2.05, 4.69) is 0 Å². The van der Waals surface area contributed by atoms with Crippen molar-refractivity contribution in [3.8, 4) is 11.1 Å². The van der Waals surface area contributed by atoms with Crippen molar-refractivity contribution < 1.29 is 32.2 Å². The predicted octanol–water partition coefficient (Wildman–Crippen LogP) is 3.70. The summed E-state index contributed by atoms with van der Waals surface area (Å²) in [6, 6.07) is 10.9. The van der Waals surface area contributed by atoms with E-state index in [9.17, 15) is 23.1 Å². The number of ketones is 1. The van der Waals surface area contributed by atoms with Crippen LogP contribution in [0.15, 0.2) is 71.0 Å². The molecule has 1 heterocycles. The highest BCUT2D eigenvalue weighted by atomic mass is 32.2. The number of piperidine rings is 1. The second-order valence-corrected chi connectivity index (χ2v) is 10.6. The molecule has 0 radical (unpaired) electrons. The van der Waals surface area contributed by atoms with Gasteiger partial charge in [-0.15, -0.1) is 0 Å². The van der Waals surface area contributed by atoms with Crippen LogP contribution in [-0.2, 0) is 29.6 Å². The van der Waals surface area contributed by atoms with Crippen molar-refractivity contribution in [2.45, 2.75) is 29.6 Å². The van der Waals surface area contributed by atoms with Crippen molar-refractivity contribution in [3.63, 3.8) is 0 Å². The number of sulfone groups is 1. The average Bonchev–Trinajstić information content (AvgIpc) is 2.84. The number of rotatable bonds is 6. The van der Waals surface area contributed by atoms with Crippen molar-refractivity contribution in [3.05, 3.63) is 77.5 Å². The molecule has 1 aliphatic heterocycles. The molecule has 0 bridgehead atoms. The highest BCUT2D eigenvalue weighted by Gasteiger charge is 2.53. The molecule has 2 aliphatic rings. The zero-order valence-electron chi connectivity index (χ0n) is 19.5. The lowest BCUT2D eigenvalue weighted by molar-refractivity contribution is -0.146. The fraction of sp³-hybridized carbons (Fsp3) is 0.308. The Hall–Kier alpha value is -3.46. The van der Waals surface area contributed by atoms with E-state index in [1.54, 1.807) is 35.2 Å². The van der Waals surface area contributed by atoms with E-state index in [-0.39, 0.29) is 17.0 Å². The highest BCUT2D eigenvalue weighted by Crippen LogP contribution is 2.42. The maximum absolute atomic E-state index is 16.1. The van der Waals surface area contributed by atoms with Crippen LogP contribution in [0.4, 0.5) is 4.39 Å². The number of nitrogens with zero attached hydrogens (tertiary/aromatic N) is 1. The summed E-state index contributed by atoms with van der Waals surface area (Å²) in [7, 11) is -2.77. The van der Waals surface area contributed by atoms with Gasteiger partial charge in [-0.25, -0.2) is 12.8 Å². The molecule has 0 aromatic heterocycles. The number of Topliss-reactive ketones (excluding diaryl/α,β-unsaturated/α-hetero) is 1. The molecule has 9 heteroatoms. The minimum atomic E-state index is -4.14. The number of carboxylic acids is 1. The first-order valence-electron chi connectivity index (χ1n) is 11.2. The Kier molecular flexibility index (Phi) is 6.55. The third-order valence-corrected chi connectivity index (χ3v) is 7.64. The van der Waals surface area contributed by atoms with Crippen LogP contribution in [0.25, 0.3) is 11.1 Å². The van der Waals surface area contributed by atoms with Gasteiger partial charge in [0.2, 0.25) is 5.78 Å². The lowest BCUT2D eigenvalue weighted by Gasteiger charge is -2.37. The maximum Gasteiger partial charge on any atom is 0.326 e. The zero-order valence-corrected chi connectivity index (χ0v) is 20.3. The van der Waals surface area contributed by atoms with Crippen molar-refractivity contribution >= 4 is 21.6 Å². The number of aliphatic carboxylic acids is 1. The first-order chi connectivity index (χ1) is 16.6. The van der Waals surface area contributed by atoms with Crippen LogP contribution >= 0.6 is 0 Å². The fourth-order valence-corrected chi connectivity index (χ4v) is 5.82. The Morgan fingerprint density at radius 2 is 1.74 bits per heavy atom. The number of methoxy groups -OCH3 is 1. The quantitative estimate of drug-likeness (QED) is 0.605. The van der Waals surface area contributed by atoms with E-state index in [4.69, 9.17) is 4.74 Å². The second kappa shape index (κ2) is 9.30. The minimum absolute atomic E-state index is 0.0598. The Labute approximate surface area is 203 Å². The normalized spacial score (nSPS) is 20.8. The molecule has 0 amide bonds. The first-order valence-corrected chi connectivity index (χ1v) is 13.1. The summed E-state index contributed by atoms with van der Waals surface area (Å²) in [5.41, 5.74) is -2.39.